The van der Waals surface area contributed by atoms with E-state index in [0.29, 0.717) is 25.7 Å². The van der Waals surface area contributed by atoms with Crippen LogP contribution in [0.15, 0.2) is 0 Å². The van der Waals surface area contributed by atoms with Gasteiger partial charge in [0.15, 0.2) is 0 Å². The Morgan fingerprint density at radius 2 is 1.62 bits per heavy atom. The van der Waals surface area contributed by atoms with Crippen LogP contribution in [0.5, 0.6) is 0 Å². The van der Waals surface area contributed by atoms with Crippen molar-refractivity contribution < 1.29 is 34.2 Å². The minimum absolute atomic E-state index is 0.0739. The van der Waals surface area contributed by atoms with Crippen molar-refractivity contribution in [2.75, 3.05) is 6.54 Å². The lowest BCUT2D eigenvalue weighted by molar-refractivity contribution is -0.148. The van der Waals surface area contributed by atoms with E-state index in [1.807, 2.05) is 27.7 Å². The van der Waals surface area contributed by atoms with Crippen LogP contribution < -0.4 is 16.4 Å². The molecular formula is C21H36N4O7. The number of hydrogen-bond acceptors (Lipinski definition) is 6. The van der Waals surface area contributed by atoms with Crippen LogP contribution in [0.3, 0.4) is 0 Å². The first-order valence-electron chi connectivity index (χ1n) is 11.1. The first kappa shape index (κ1) is 27.3. The topological polar surface area (TPSA) is 179 Å². The Bertz CT molecular complexity index is 714. The molecule has 32 heavy (non-hydrogen) atoms. The van der Waals surface area contributed by atoms with Gasteiger partial charge in [-0.1, -0.05) is 40.5 Å². The van der Waals surface area contributed by atoms with Gasteiger partial charge in [0.25, 0.3) is 0 Å². The molecule has 0 saturated carbocycles. The molecule has 1 saturated heterocycles. The van der Waals surface area contributed by atoms with Gasteiger partial charge in [0.05, 0.1) is 12.5 Å². The third-order valence-corrected chi connectivity index (χ3v) is 6.17. The average Bonchev–Trinajstić information content (AvgIpc) is 3.24. The Morgan fingerprint density at radius 3 is 2.12 bits per heavy atom. The first-order chi connectivity index (χ1) is 14.9. The molecule has 0 spiro atoms. The highest BCUT2D eigenvalue weighted by Crippen LogP contribution is 2.22. The summed E-state index contributed by atoms with van der Waals surface area (Å²) in [6.07, 6.45) is 1.35. The smallest absolute Gasteiger partial charge is 0.326 e. The molecule has 0 bridgehead atoms. The van der Waals surface area contributed by atoms with E-state index < -0.39 is 60.2 Å². The molecule has 1 aliphatic heterocycles. The zero-order valence-corrected chi connectivity index (χ0v) is 19.2. The van der Waals surface area contributed by atoms with Gasteiger partial charge in [-0.15, -0.1) is 0 Å². The fraction of sp³-hybridized carbons (Fsp3) is 0.762. The zero-order chi connectivity index (χ0) is 24.6. The number of nitrogens with zero attached hydrogens (tertiary/aromatic N) is 1. The van der Waals surface area contributed by atoms with Crippen molar-refractivity contribution in [2.24, 2.45) is 17.6 Å². The number of aliphatic carboxylic acids is 2. The Kier molecular flexibility index (Phi) is 10.6. The third-order valence-electron chi connectivity index (χ3n) is 6.17. The van der Waals surface area contributed by atoms with Crippen LogP contribution in [-0.2, 0) is 24.0 Å². The Balaban J connectivity index is 3.01. The van der Waals surface area contributed by atoms with Crippen LogP contribution >= 0.6 is 0 Å². The lowest BCUT2D eigenvalue weighted by Crippen LogP contribution is -2.59. The first-order valence-corrected chi connectivity index (χ1v) is 11.1. The maximum absolute atomic E-state index is 13.3. The van der Waals surface area contributed by atoms with Gasteiger partial charge in [-0.25, -0.2) is 4.79 Å². The maximum atomic E-state index is 13.3. The summed E-state index contributed by atoms with van der Waals surface area (Å²) in [4.78, 5) is 62.2. The second kappa shape index (κ2) is 12.4. The molecule has 6 atom stereocenters. The van der Waals surface area contributed by atoms with E-state index in [4.69, 9.17) is 10.8 Å². The summed E-state index contributed by atoms with van der Waals surface area (Å²) in [7, 11) is 0. The molecule has 6 unspecified atom stereocenters. The molecule has 0 radical (unpaired) electrons. The summed E-state index contributed by atoms with van der Waals surface area (Å²) in [5, 5.41) is 23.0. The van der Waals surface area contributed by atoms with Gasteiger partial charge in [-0.05, 0) is 24.7 Å². The largest absolute Gasteiger partial charge is 0.481 e. The monoisotopic (exact) mass is 456 g/mol. The summed E-state index contributed by atoms with van der Waals surface area (Å²) < 4.78 is 0. The number of nitrogens with one attached hydrogen (secondary N) is 2. The maximum Gasteiger partial charge on any atom is 0.326 e. The van der Waals surface area contributed by atoms with E-state index >= 15 is 0 Å². The standard InChI is InChI=1S/C21H36N4O7/c1-5-11(3)16(22)19(29)24-17(12(4)6-2)20(30)25-9-7-8-14(25)18(28)23-13(21(31)32)10-15(26)27/h11-14,16-17H,5-10,22H2,1-4H3,(H,23,28)(H,24,29)(H,26,27)(H,31,32). The van der Waals surface area contributed by atoms with Crippen LogP contribution in [0, 0.1) is 11.8 Å². The highest BCUT2D eigenvalue weighted by Gasteiger charge is 2.40. The van der Waals surface area contributed by atoms with Gasteiger partial charge in [0.2, 0.25) is 17.7 Å². The molecule has 1 aliphatic rings. The summed E-state index contributed by atoms with van der Waals surface area (Å²) >= 11 is 0. The summed E-state index contributed by atoms with van der Waals surface area (Å²) in [5.41, 5.74) is 6.01. The van der Waals surface area contributed by atoms with E-state index in [1.54, 1.807) is 0 Å². The summed E-state index contributed by atoms with van der Waals surface area (Å²) in [5.74, 6) is -4.74. The minimum Gasteiger partial charge on any atom is -0.481 e. The number of hydrogen-bond donors (Lipinski definition) is 5. The van der Waals surface area contributed by atoms with Crippen molar-refractivity contribution in [3.8, 4) is 0 Å². The van der Waals surface area contributed by atoms with Crippen LogP contribution in [0.2, 0.25) is 0 Å². The summed E-state index contributed by atoms with van der Waals surface area (Å²) in [6, 6.07) is -4.20. The number of amides is 3. The fourth-order valence-electron chi connectivity index (χ4n) is 3.57. The van der Waals surface area contributed by atoms with Crippen molar-refractivity contribution in [1.82, 2.24) is 15.5 Å². The second-order valence-electron chi connectivity index (χ2n) is 8.47. The van der Waals surface area contributed by atoms with Gasteiger partial charge in [0, 0.05) is 6.54 Å². The Morgan fingerprint density at radius 1 is 1.03 bits per heavy atom. The molecule has 0 aromatic heterocycles. The summed E-state index contributed by atoms with van der Waals surface area (Å²) in [6.45, 7) is 7.73. The predicted molar refractivity (Wildman–Crippen MR) is 115 cm³/mol. The Hall–Kier alpha value is -2.69. The molecule has 0 aliphatic carbocycles. The third kappa shape index (κ3) is 7.18. The van der Waals surface area contributed by atoms with E-state index in [2.05, 4.69) is 10.6 Å². The number of carbonyl (C=O) groups excluding carboxylic acids is 3. The SMILES string of the molecule is CCC(C)C(N)C(=O)NC(C(=O)N1CCCC1C(=O)NC(CC(=O)O)C(=O)O)C(C)CC. The number of carboxylic acid groups (broad SMARTS) is 2. The molecule has 0 aromatic carbocycles. The Labute approximate surface area is 188 Å². The number of likely N-dealkylation sites (tertiary alicyclic amines) is 1. The van der Waals surface area contributed by atoms with Crippen molar-refractivity contribution in [1.29, 1.82) is 0 Å². The van der Waals surface area contributed by atoms with Crippen LogP contribution in [0.1, 0.15) is 59.8 Å². The van der Waals surface area contributed by atoms with Crippen molar-refractivity contribution in [3.63, 3.8) is 0 Å². The van der Waals surface area contributed by atoms with Gasteiger partial charge in [0.1, 0.15) is 18.1 Å². The highest BCUT2D eigenvalue weighted by atomic mass is 16.4. The van der Waals surface area contributed by atoms with E-state index in [-0.39, 0.29) is 18.4 Å². The molecule has 1 fully saturated rings. The van der Waals surface area contributed by atoms with Gasteiger partial charge < -0.3 is 31.5 Å². The fourth-order valence-corrected chi connectivity index (χ4v) is 3.57. The quantitative estimate of drug-likeness (QED) is 0.270. The minimum atomic E-state index is -1.60. The molecule has 182 valence electrons. The molecule has 3 amide bonds. The van der Waals surface area contributed by atoms with Crippen molar-refractivity contribution in [2.45, 2.75) is 84.0 Å². The average molecular weight is 457 g/mol. The number of rotatable bonds is 12. The molecule has 1 heterocycles. The molecule has 1 rings (SSSR count). The van der Waals surface area contributed by atoms with Crippen LogP contribution in [0.25, 0.3) is 0 Å². The second-order valence-corrected chi connectivity index (χ2v) is 8.47. The lowest BCUT2D eigenvalue weighted by Gasteiger charge is -2.32. The molecule has 11 heteroatoms. The molecule has 6 N–H and O–H groups in total. The van der Waals surface area contributed by atoms with E-state index in [0.717, 1.165) is 0 Å². The van der Waals surface area contributed by atoms with Crippen molar-refractivity contribution >= 4 is 29.7 Å². The molecule has 11 nitrogen and oxygen atoms in total. The van der Waals surface area contributed by atoms with Gasteiger partial charge in [-0.3, -0.25) is 19.2 Å². The number of nitrogens with two attached hydrogens (primary N) is 1. The van der Waals surface area contributed by atoms with E-state index in [1.165, 1.54) is 4.90 Å². The van der Waals surface area contributed by atoms with Gasteiger partial charge in [-0.2, -0.15) is 0 Å². The van der Waals surface area contributed by atoms with E-state index in [9.17, 15) is 29.1 Å². The number of carboxylic acids is 2. The lowest BCUT2D eigenvalue weighted by atomic mass is 9.95. The molecular weight excluding hydrogens is 420 g/mol. The molecule has 0 aromatic rings. The van der Waals surface area contributed by atoms with Crippen LogP contribution in [-0.4, -0.2) is 75.5 Å². The van der Waals surface area contributed by atoms with Gasteiger partial charge >= 0.3 is 11.9 Å². The number of carbonyl (C=O) groups is 5. The zero-order valence-electron chi connectivity index (χ0n) is 19.2. The normalized spacial score (nSPS) is 20.5. The predicted octanol–water partition coefficient (Wildman–Crippen LogP) is -0.0742. The van der Waals surface area contributed by atoms with Crippen molar-refractivity contribution in [3.05, 3.63) is 0 Å². The van der Waals surface area contributed by atoms with Crippen LogP contribution in [0.4, 0.5) is 0 Å². The highest BCUT2D eigenvalue weighted by molar-refractivity contribution is 5.95.